The first-order chi connectivity index (χ1) is 15.5. The minimum Gasteiger partial charge on any atom is -0.355 e. The van der Waals surface area contributed by atoms with Crippen LogP contribution in [0.5, 0.6) is 0 Å². The molecule has 0 heterocycles. The Morgan fingerprint density at radius 2 is 1.67 bits per heavy atom. The minimum atomic E-state index is -3.74. The standard InChI is InChI=1S/C25H35N3O4S/c1-7-22(25(30)26-8-2)27(16-21-11-9-10-18(3)15-21)24(29)17-28(33(6,31)32)23-13-12-19(4)14-20(23)5/h9-15,22H,7-8,16-17H2,1-6H3,(H,26,30)/t22-/m1/s1. The largest absolute Gasteiger partial charge is 0.355 e. The Labute approximate surface area is 197 Å². The molecule has 0 bridgehead atoms. The van der Waals surface area contributed by atoms with E-state index in [-0.39, 0.29) is 19.0 Å². The van der Waals surface area contributed by atoms with Crippen LogP contribution in [0.15, 0.2) is 42.5 Å². The molecule has 33 heavy (non-hydrogen) atoms. The van der Waals surface area contributed by atoms with Crippen molar-refractivity contribution in [3.05, 3.63) is 64.7 Å². The lowest BCUT2D eigenvalue weighted by Gasteiger charge is -2.33. The maximum atomic E-state index is 13.6. The first-order valence-corrected chi connectivity index (χ1v) is 13.0. The molecule has 0 fully saturated rings. The summed E-state index contributed by atoms with van der Waals surface area (Å²) in [5, 5.41) is 2.79. The number of sulfonamides is 1. The van der Waals surface area contributed by atoms with Crippen LogP contribution in [0.4, 0.5) is 5.69 Å². The van der Waals surface area contributed by atoms with E-state index in [0.717, 1.165) is 32.8 Å². The highest BCUT2D eigenvalue weighted by Crippen LogP contribution is 2.24. The van der Waals surface area contributed by atoms with Gasteiger partial charge in [0.25, 0.3) is 0 Å². The molecule has 0 aromatic heterocycles. The maximum absolute atomic E-state index is 13.6. The third kappa shape index (κ3) is 7.05. The summed E-state index contributed by atoms with van der Waals surface area (Å²) in [6.45, 7) is 9.64. The molecule has 0 spiro atoms. The van der Waals surface area contributed by atoms with E-state index in [1.807, 2.05) is 71.0 Å². The molecule has 0 aliphatic rings. The van der Waals surface area contributed by atoms with Crippen LogP contribution in [0, 0.1) is 20.8 Å². The van der Waals surface area contributed by atoms with Gasteiger partial charge in [-0.1, -0.05) is 54.4 Å². The van der Waals surface area contributed by atoms with Crippen molar-refractivity contribution in [2.45, 2.75) is 53.6 Å². The summed E-state index contributed by atoms with van der Waals surface area (Å²) in [5.74, 6) is -0.682. The third-order valence-corrected chi connectivity index (χ3v) is 6.60. The Kier molecular flexibility index (Phi) is 9.05. The quantitative estimate of drug-likeness (QED) is 0.574. The predicted molar refractivity (Wildman–Crippen MR) is 133 cm³/mol. The van der Waals surface area contributed by atoms with Crippen molar-refractivity contribution in [1.82, 2.24) is 10.2 Å². The maximum Gasteiger partial charge on any atom is 0.244 e. The zero-order valence-electron chi connectivity index (χ0n) is 20.4. The van der Waals surface area contributed by atoms with Crippen molar-refractivity contribution >= 4 is 27.5 Å². The van der Waals surface area contributed by atoms with Crippen molar-refractivity contribution < 1.29 is 18.0 Å². The average Bonchev–Trinajstić information content (AvgIpc) is 2.71. The van der Waals surface area contributed by atoms with Crippen LogP contribution in [-0.2, 0) is 26.2 Å². The monoisotopic (exact) mass is 473 g/mol. The normalized spacial score (nSPS) is 12.2. The lowest BCUT2D eigenvalue weighted by atomic mass is 10.1. The highest BCUT2D eigenvalue weighted by Gasteiger charge is 2.31. The minimum absolute atomic E-state index is 0.209. The molecule has 0 aliphatic heterocycles. The molecule has 180 valence electrons. The van der Waals surface area contributed by atoms with Gasteiger partial charge in [-0.3, -0.25) is 13.9 Å². The van der Waals surface area contributed by atoms with Crippen LogP contribution < -0.4 is 9.62 Å². The van der Waals surface area contributed by atoms with Gasteiger partial charge in [0.05, 0.1) is 11.9 Å². The van der Waals surface area contributed by atoms with Crippen molar-refractivity contribution in [2.24, 2.45) is 0 Å². The smallest absolute Gasteiger partial charge is 0.244 e. The lowest BCUT2D eigenvalue weighted by molar-refractivity contribution is -0.140. The summed E-state index contributed by atoms with van der Waals surface area (Å²) in [6.07, 6.45) is 1.50. The molecule has 0 saturated heterocycles. The van der Waals surface area contributed by atoms with Gasteiger partial charge in [0, 0.05) is 13.1 Å². The van der Waals surface area contributed by atoms with Gasteiger partial charge >= 0.3 is 0 Å². The number of carbonyl (C=O) groups is 2. The Hall–Kier alpha value is -2.87. The first kappa shape index (κ1) is 26.4. The predicted octanol–water partition coefficient (Wildman–Crippen LogP) is 3.32. The topological polar surface area (TPSA) is 86.8 Å². The number of anilines is 1. The van der Waals surface area contributed by atoms with Crippen molar-refractivity contribution in [1.29, 1.82) is 0 Å². The second kappa shape index (κ2) is 11.3. The SMILES string of the molecule is CCNC(=O)[C@@H](CC)N(Cc1cccc(C)c1)C(=O)CN(c1ccc(C)cc1C)S(C)(=O)=O. The molecule has 1 atom stereocenters. The molecule has 7 nitrogen and oxygen atoms in total. The molecule has 2 amide bonds. The average molecular weight is 474 g/mol. The molecule has 2 aromatic carbocycles. The third-order valence-electron chi connectivity index (χ3n) is 5.47. The Morgan fingerprint density at radius 1 is 1.00 bits per heavy atom. The Morgan fingerprint density at radius 3 is 2.21 bits per heavy atom. The fourth-order valence-electron chi connectivity index (χ4n) is 3.90. The number of carbonyl (C=O) groups excluding carboxylic acids is 2. The lowest BCUT2D eigenvalue weighted by Crippen LogP contribution is -2.52. The van der Waals surface area contributed by atoms with Crippen molar-refractivity contribution in [2.75, 3.05) is 23.7 Å². The molecular formula is C25H35N3O4S. The van der Waals surface area contributed by atoms with Crippen LogP contribution >= 0.6 is 0 Å². The second-order valence-electron chi connectivity index (χ2n) is 8.39. The zero-order chi connectivity index (χ0) is 24.8. The van der Waals surface area contributed by atoms with Crippen LogP contribution in [-0.4, -0.2) is 50.5 Å². The van der Waals surface area contributed by atoms with Crippen LogP contribution in [0.3, 0.4) is 0 Å². The number of rotatable bonds is 10. The van der Waals surface area contributed by atoms with Gasteiger partial charge in [-0.05, 0) is 51.3 Å². The summed E-state index contributed by atoms with van der Waals surface area (Å²) in [7, 11) is -3.74. The number of nitrogens with one attached hydrogen (secondary N) is 1. The molecular weight excluding hydrogens is 438 g/mol. The first-order valence-electron chi connectivity index (χ1n) is 11.2. The number of hydrogen-bond donors (Lipinski definition) is 1. The number of nitrogens with zero attached hydrogens (tertiary/aromatic N) is 2. The van der Waals surface area contributed by atoms with Gasteiger partial charge in [0.2, 0.25) is 21.8 Å². The fourth-order valence-corrected chi connectivity index (χ4v) is 4.81. The summed E-state index contributed by atoms with van der Waals surface area (Å²) in [4.78, 5) is 27.9. The van der Waals surface area contributed by atoms with E-state index >= 15 is 0 Å². The van der Waals surface area contributed by atoms with Gasteiger partial charge in [-0.25, -0.2) is 8.42 Å². The number of hydrogen-bond acceptors (Lipinski definition) is 4. The number of amides is 2. The molecule has 2 rings (SSSR count). The van der Waals surface area contributed by atoms with E-state index in [0.29, 0.717) is 18.7 Å². The zero-order valence-corrected chi connectivity index (χ0v) is 21.2. The van der Waals surface area contributed by atoms with Crippen LogP contribution in [0.2, 0.25) is 0 Å². The van der Waals surface area contributed by atoms with E-state index < -0.39 is 22.0 Å². The van der Waals surface area contributed by atoms with E-state index in [9.17, 15) is 18.0 Å². The molecule has 0 saturated carbocycles. The van der Waals surface area contributed by atoms with E-state index in [1.54, 1.807) is 6.07 Å². The van der Waals surface area contributed by atoms with Crippen LogP contribution in [0.25, 0.3) is 0 Å². The van der Waals surface area contributed by atoms with Gasteiger partial charge in [-0.15, -0.1) is 0 Å². The Balaban J connectivity index is 2.46. The molecule has 0 aliphatic carbocycles. The molecule has 1 N–H and O–H groups in total. The van der Waals surface area contributed by atoms with Gasteiger partial charge in [-0.2, -0.15) is 0 Å². The van der Waals surface area contributed by atoms with Crippen molar-refractivity contribution in [3.63, 3.8) is 0 Å². The molecule has 2 aromatic rings. The Bertz CT molecular complexity index is 1100. The van der Waals surface area contributed by atoms with E-state index in [4.69, 9.17) is 0 Å². The molecule has 8 heteroatoms. The van der Waals surface area contributed by atoms with E-state index in [2.05, 4.69) is 5.32 Å². The summed E-state index contributed by atoms with van der Waals surface area (Å²) in [5.41, 5.74) is 4.13. The molecule has 0 unspecified atom stereocenters. The van der Waals surface area contributed by atoms with Crippen molar-refractivity contribution in [3.8, 4) is 0 Å². The highest BCUT2D eigenvalue weighted by atomic mass is 32.2. The van der Waals surface area contributed by atoms with Gasteiger partial charge in [0.15, 0.2) is 0 Å². The number of likely N-dealkylation sites (N-methyl/N-ethyl adjacent to an activating group) is 1. The molecule has 0 radical (unpaired) electrons. The van der Waals surface area contributed by atoms with E-state index in [1.165, 1.54) is 4.90 Å². The summed E-state index contributed by atoms with van der Waals surface area (Å²) >= 11 is 0. The van der Waals surface area contributed by atoms with Gasteiger partial charge in [0.1, 0.15) is 12.6 Å². The highest BCUT2D eigenvalue weighted by molar-refractivity contribution is 7.92. The number of aryl methyl sites for hydroxylation is 3. The van der Waals surface area contributed by atoms with Crippen LogP contribution in [0.1, 0.15) is 42.5 Å². The number of benzene rings is 2. The summed E-state index contributed by atoms with van der Waals surface area (Å²) < 4.78 is 26.5. The fraction of sp³-hybridized carbons (Fsp3) is 0.440. The summed E-state index contributed by atoms with van der Waals surface area (Å²) in [6, 6.07) is 12.4. The second-order valence-corrected chi connectivity index (χ2v) is 10.3. The van der Waals surface area contributed by atoms with Gasteiger partial charge < -0.3 is 10.2 Å².